The second-order valence-corrected chi connectivity index (χ2v) is 15.4. The highest BCUT2D eigenvalue weighted by atomic mass is 32.2. The van der Waals surface area contributed by atoms with E-state index in [1.807, 2.05) is 0 Å². The number of carbonyl (C=O) groups excluding carboxylic acids is 4. The van der Waals surface area contributed by atoms with E-state index in [2.05, 4.69) is 4.74 Å². The van der Waals surface area contributed by atoms with Crippen LogP contribution in [0.1, 0.15) is 70.6 Å². The number of Topliss-reactive ketones (excluding diaryl/α,β-unsaturated/α-hetero) is 2. The van der Waals surface area contributed by atoms with Gasteiger partial charge in [0.15, 0.2) is 6.10 Å². The lowest BCUT2D eigenvalue weighted by molar-refractivity contribution is -0.366. The van der Waals surface area contributed by atoms with Gasteiger partial charge in [0.05, 0.1) is 17.4 Å². The summed E-state index contributed by atoms with van der Waals surface area (Å²) >= 11 is 0. The van der Waals surface area contributed by atoms with Crippen molar-refractivity contribution in [3.63, 3.8) is 0 Å². The number of aliphatic hydroxyl groups is 2. The Balaban J connectivity index is 1.18. The maximum Gasteiger partial charge on any atom is 0.428 e. The number of ketones is 2. The first-order valence-electron chi connectivity index (χ1n) is 14.8. The summed E-state index contributed by atoms with van der Waals surface area (Å²) in [6.07, 6.45) is -1.55. The molecular formula is C28H36F2O12S. The van der Waals surface area contributed by atoms with Gasteiger partial charge >= 0.3 is 33.3 Å². The summed E-state index contributed by atoms with van der Waals surface area (Å²) in [5, 5.41) is 13.8. The minimum absolute atomic E-state index is 0.102. The minimum Gasteiger partial charge on any atom is -0.461 e. The summed E-state index contributed by atoms with van der Waals surface area (Å²) < 4.78 is 75.4. The predicted molar refractivity (Wildman–Crippen MR) is 137 cm³/mol. The second-order valence-electron chi connectivity index (χ2n) is 13.9. The van der Waals surface area contributed by atoms with Crippen LogP contribution in [0.15, 0.2) is 0 Å². The van der Waals surface area contributed by atoms with Crippen molar-refractivity contribution in [3.05, 3.63) is 0 Å². The van der Waals surface area contributed by atoms with Crippen LogP contribution in [0.4, 0.5) is 8.78 Å². The van der Waals surface area contributed by atoms with E-state index in [1.54, 1.807) is 0 Å². The van der Waals surface area contributed by atoms with Crippen molar-refractivity contribution >= 4 is 33.6 Å². The fourth-order valence-corrected chi connectivity index (χ4v) is 9.57. The molecule has 0 spiro atoms. The summed E-state index contributed by atoms with van der Waals surface area (Å²) in [5.74, 6) is -1.60. The molecule has 0 aromatic carbocycles. The number of carbonyl (C=O) groups is 4. The molecule has 7 bridgehead atoms. The van der Waals surface area contributed by atoms with Crippen LogP contribution in [0.5, 0.6) is 0 Å². The second kappa shape index (κ2) is 10.2. The first-order valence-corrected chi connectivity index (χ1v) is 16.3. The van der Waals surface area contributed by atoms with Crippen LogP contribution in [0.25, 0.3) is 0 Å². The summed E-state index contributed by atoms with van der Waals surface area (Å²) in [6, 6.07) is 0. The average molecular weight is 635 g/mol. The molecule has 15 heteroatoms. The molecule has 43 heavy (non-hydrogen) atoms. The van der Waals surface area contributed by atoms with Gasteiger partial charge in [0.2, 0.25) is 0 Å². The molecule has 0 amide bonds. The molecule has 0 radical (unpaired) electrons. The molecule has 0 aromatic heterocycles. The zero-order chi connectivity index (χ0) is 31.2. The molecule has 7 atom stereocenters. The molecule has 7 rings (SSSR count). The zero-order valence-corrected chi connectivity index (χ0v) is 24.2. The van der Waals surface area contributed by atoms with Crippen LogP contribution >= 0.6 is 0 Å². The molecule has 7 fully saturated rings. The highest BCUT2D eigenvalue weighted by molar-refractivity contribution is 7.86. The number of rotatable bonds is 10. The molecule has 7 unspecified atom stereocenters. The van der Waals surface area contributed by atoms with E-state index in [1.165, 1.54) is 0 Å². The van der Waals surface area contributed by atoms with Crippen LogP contribution in [0.3, 0.4) is 0 Å². The highest BCUT2D eigenvalue weighted by Crippen LogP contribution is 2.60. The molecule has 3 N–H and O–H groups in total. The molecule has 7 aliphatic rings. The van der Waals surface area contributed by atoms with Crippen molar-refractivity contribution in [1.82, 2.24) is 0 Å². The normalized spacial score (nSPS) is 39.1. The first kappa shape index (κ1) is 30.9. The Morgan fingerprint density at radius 2 is 1.56 bits per heavy atom. The molecule has 0 saturated heterocycles. The number of hydrogen-bond acceptors (Lipinski definition) is 11. The number of hydrogen-bond donors (Lipinski definition) is 3. The third-order valence-electron chi connectivity index (χ3n) is 11.2. The fourth-order valence-electron chi connectivity index (χ4n) is 9.21. The number of alkyl halides is 2. The molecule has 240 valence electrons. The smallest absolute Gasteiger partial charge is 0.428 e. The van der Waals surface area contributed by atoms with Crippen LogP contribution in [-0.4, -0.2) is 77.2 Å². The van der Waals surface area contributed by atoms with Gasteiger partial charge in [-0.3, -0.25) is 23.7 Å². The van der Waals surface area contributed by atoms with Gasteiger partial charge in [-0.15, -0.1) is 0 Å². The zero-order valence-electron chi connectivity index (χ0n) is 23.4. The molecule has 0 aliphatic heterocycles. The van der Waals surface area contributed by atoms with E-state index in [9.17, 15) is 46.6 Å². The molecule has 0 heterocycles. The van der Waals surface area contributed by atoms with Gasteiger partial charge in [0.1, 0.15) is 18.2 Å². The van der Waals surface area contributed by atoms with E-state index in [-0.39, 0.29) is 59.9 Å². The molecule has 12 nitrogen and oxygen atoms in total. The van der Waals surface area contributed by atoms with Crippen molar-refractivity contribution in [2.24, 2.45) is 46.3 Å². The maximum atomic E-state index is 14.5. The third-order valence-corrected chi connectivity index (χ3v) is 12.1. The van der Waals surface area contributed by atoms with Gasteiger partial charge in [0, 0.05) is 24.2 Å². The Hall–Kier alpha value is -2.07. The van der Waals surface area contributed by atoms with Gasteiger partial charge < -0.3 is 24.4 Å². The van der Waals surface area contributed by atoms with Crippen molar-refractivity contribution < 1.29 is 65.4 Å². The van der Waals surface area contributed by atoms with Crippen molar-refractivity contribution in [3.8, 4) is 0 Å². The van der Waals surface area contributed by atoms with E-state index >= 15 is 0 Å². The standard InChI is InChI=1S/C28H36F2O12S/c29-27(30,28(35,36)43(37,38)39)41-13-20(42-24(34)26-7-14-3-18(10-26)22(32)19(4-14)11-26)12-40-23(33)25-2-1-15-6-21(31)17(9-25)5-16(15)8-25/h14-20,35-36H,1-13H2,(H,37,38,39). The summed E-state index contributed by atoms with van der Waals surface area (Å²) in [4.78, 5) is 52.1. The Labute approximate surface area is 246 Å². The number of halogens is 2. The number of ether oxygens (including phenoxy) is 3. The van der Waals surface area contributed by atoms with Crippen LogP contribution in [0, 0.1) is 46.3 Å². The molecular weight excluding hydrogens is 598 g/mol. The molecule has 0 aromatic rings. The van der Waals surface area contributed by atoms with Gasteiger partial charge in [-0.25, -0.2) is 0 Å². The lowest BCUT2D eigenvalue weighted by Gasteiger charge is -2.54. The Morgan fingerprint density at radius 3 is 2.21 bits per heavy atom. The summed E-state index contributed by atoms with van der Waals surface area (Å²) in [5.41, 5.74) is -1.99. The maximum absolute atomic E-state index is 14.5. The fraction of sp³-hybridized carbons (Fsp3) is 0.857. The van der Waals surface area contributed by atoms with Crippen molar-refractivity contribution in [2.45, 2.75) is 88.0 Å². The van der Waals surface area contributed by atoms with Gasteiger partial charge in [-0.2, -0.15) is 17.2 Å². The Kier molecular flexibility index (Phi) is 7.36. The largest absolute Gasteiger partial charge is 0.461 e. The first-order chi connectivity index (χ1) is 20.0. The van der Waals surface area contributed by atoms with Crippen molar-refractivity contribution in [2.75, 3.05) is 13.2 Å². The lowest BCUT2D eigenvalue weighted by atomic mass is 9.49. The third kappa shape index (κ3) is 5.12. The predicted octanol–water partition coefficient (Wildman–Crippen LogP) is 1.76. The number of esters is 2. The quantitative estimate of drug-likeness (QED) is 0.180. The van der Waals surface area contributed by atoms with E-state index < -0.39 is 63.4 Å². The van der Waals surface area contributed by atoms with Crippen LogP contribution < -0.4 is 0 Å². The topological polar surface area (TPSA) is 191 Å². The Morgan fingerprint density at radius 1 is 0.907 bits per heavy atom. The van der Waals surface area contributed by atoms with Gasteiger partial charge in [0.25, 0.3) is 0 Å². The lowest BCUT2D eigenvalue weighted by Crippen LogP contribution is -2.57. The van der Waals surface area contributed by atoms with E-state index in [0.29, 0.717) is 57.8 Å². The average Bonchev–Trinajstić information content (AvgIpc) is 2.92. The van der Waals surface area contributed by atoms with Crippen LogP contribution in [-0.2, 0) is 43.5 Å². The molecule has 7 saturated carbocycles. The van der Waals surface area contributed by atoms with Gasteiger partial charge in [-0.1, -0.05) is 0 Å². The summed E-state index contributed by atoms with van der Waals surface area (Å²) in [6.45, 7) is -2.09. The van der Waals surface area contributed by atoms with Crippen molar-refractivity contribution in [1.29, 1.82) is 0 Å². The van der Waals surface area contributed by atoms with E-state index in [4.69, 9.17) is 14.0 Å². The Bertz CT molecular complexity index is 1310. The molecule has 7 aliphatic carbocycles. The number of fused-ring (bicyclic) bond motifs is 2. The highest BCUT2D eigenvalue weighted by Gasteiger charge is 2.64. The monoisotopic (exact) mass is 634 g/mol. The van der Waals surface area contributed by atoms with Gasteiger partial charge in [-0.05, 0) is 82.0 Å². The van der Waals surface area contributed by atoms with E-state index in [0.717, 1.165) is 0 Å². The minimum atomic E-state index is -6.14. The summed E-state index contributed by atoms with van der Waals surface area (Å²) in [7, 11) is -6.14. The van der Waals surface area contributed by atoms with Crippen LogP contribution in [0.2, 0.25) is 0 Å². The SMILES string of the molecule is O=C1CC2CCC3(C(=O)OCC(COC(F)(F)C(O)(O)S(=O)(=O)O)OC(=O)C45CC6CC(C4)C(=O)C(C6)C5)CC1CC2C3.